The van der Waals surface area contributed by atoms with Gasteiger partial charge in [-0.3, -0.25) is 0 Å². The number of rotatable bonds is 3. The molecule has 4 heteroatoms. The van der Waals surface area contributed by atoms with E-state index in [-0.39, 0.29) is 0 Å². The van der Waals surface area contributed by atoms with Crippen molar-refractivity contribution in [3.8, 4) is 0 Å². The van der Waals surface area contributed by atoms with E-state index in [1.165, 1.54) is 25.7 Å². The Balaban J connectivity index is 1.99. The molecular weight excluding hydrogens is 188 g/mol. The molecule has 1 atom stereocenters. The fourth-order valence-corrected chi connectivity index (χ4v) is 2.25. The molecule has 1 fully saturated rings. The van der Waals surface area contributed by atoms with Crippen molar-refractivity contribution in [2.45, 2.75) is 38.6 Å². The lowest BCUT2D eigenvalue weighted by Crippen LogP contribution is -2.25. The van der Waals surface area contributed by atoms with Crippen LogP contribution in [0.1, 0.15) is 32.6 Å². The first-order valence-electron chi connectivity index (χ1n) is 5.60. The highest BCUT2D eigenvalue weighted by Gasteiger charge is 2.22. The maximum atomic E-state index is 5.73. The predicted molar refractivity (Wildman–Crippen MR) is 61.5 cm³/mol. The van der Waals surface area contributed by atoms with Crippen molar-refractivity contribution in [2.24, 2.45) is 5.92 Å². The summed E-state index contributed by atoms with van der Waals surface area (Å²) in [6, 6.07) is 0.437. The molecule has 0 radical (unpaired) electrons. The SMILES string of the molecule is CC(Nc1nccnc1N)C1CCCC1. The van der Waals surface area contributed by atoms with Crippen molar-refractivity contribution in [3.05, 3.63) is 12.4 Å². The van der Waals surface area contributed by atoms with Crippen LogP contribution in [-0.2, 0) is 0 Å². The zero-order chi connectivity index (χ0) is 10.7. The lowest BCUT2D eigenvalue weighted by Gasteiger charge is -2.21. The minimum Gasteiger partial charge on any atom is -0.381 e. The van der Waals surface area contributed by atoms with Crippen LogP contribution < -0.4 is 11.1 Å². The predicted octanol–water partition coefficient (Wildman–Crippen LogP) is 2.05. The first-order valence-corrected chi connectivity index (χ1v) is 5.60. The molecule has 1 heterocycles. The molecule has 1 aliphatic carbocycles. The standard InChI is InChI=1S/C11H18N4/c1-8(9-4-2-3-5-9)15-11-10(12)13-6-7-14-11/h6-9H,2-5H2,1H3,(H2,12,13)(H,14,15). The van der Waals surface area contributed by atoms with Crippen molar-refractivity contribution in [1.82, 2.24) is 9.97 Å². The van der Waals surface area contributed by atoms with E-state index in [2.05, 4.69) is 22.2 Å². The maximum Gasteiger partial charge on any atom is 0.169 e. The maximum absolute atomic E-state index is 5.73. The van der Waals surface area contributed by atoms with E-state index in [9.17, 15) is 0 Å². The quantitative estimate of drug-likeness (QED) is 0.794. The third kappa shape index (κ3) is 2.37. The third-order valence-corrected chi connectivity index (χ3v) is 3.20. The summed E-state index contributed by atoms with van der Waals surface area (Å²) in [5, 5.41) is 3.35. The molecule has 0 spiro atoms. The monoisotopic (exact) mass is 206 g/mol. The average Bonchev–Trinajstić information content (AvgIpc) is 2.74. The number of aromatic nitrogens is 2. The molecule has 0 aliphatic heterocycles. The summed E-state index contributed by atoms with van der Waals surface area (Å²) in [5.41, 5.74) is 5.73. The van der Waals surface area contributed by atoms with Crippen LogP contribution in [-0.4, -0.2) is 16.0 Å². The second-order valence-electron chi connectivity index (χ2n) is 4.27. The van der Waals surface area contributed by atoms with Gasteiger partial charge in [-0.05, 0) is 25.7 Å². The van der Waals surface area contributed by atoms with Gasteiger partial charge < -0.3 is 11.1 Å². The smallest absolute Gasteiger partial charge is 0.169 e. The molecule has 3 N–H and O–H groups in total. The van der Waals surface area contributed by atoms with E-state index in [0.29, 0.717) is 11.9 Å². The second-order valence-corrected chi connectivity index (χ2v) is 4.27. The molecule has 1 aliphatic rings. The summed E-state index contributed by atoms with van der Waals surface area (Å²) >= 11 is 0. The average molecular weight is 206 g/mol. The van der Waals surface area contributed by atoms with Gasteiger partial charge >= 0.3 is 0 Å². The van der Waals surface area contributed by atoms with Crippen LogP contribution in [0.3, 0.4) is 0 Å². The van der Waals surface area contributed by atoms with E-state index in [4.69, 9.17) is 5.73 Å². The Kier molecular flexibility index (Phi) is 3.04. The third-order valence-electron chi connectivity index (χ3n) is 3.20. The van der Waals surface area contributed by atoms with Gasteiger partial charge in [-0.15, -0.1) is 0 Å². The van der Waals surface area contributed by atoms with Crippen molar-refractivity contribution < 1.29 is 0 Å². The summed E-state index contributed by atoms with van der Waals surface area (Å²) in [5.74, 6) is 1.96. The molecule has 1 aromatic heterocycles. The van der Waals surface area contributed by atoms with Crippen LogP contribution in [0.15, 0.2) is 12.4 Å². The minimum atomic E-state index is 0.437. The highest BCUT2D eigenvalue weighted by Crippen LogP contribution is 2.29. The largest absolute Gasteiger partial charge is 0.381 e. The highest BCUT2D eigenvalue weighted by atomic mass is 15.1. The van der Waals surface area contributed by atoms with Gasteiger partial charge in [0, 0.05) is 18.4 Å². The van der Waals surface area contributed by atoms with E-state index in [0.717, 1.165) is 11.7 Å². The van der Waals surface area contributed by atoms with E-state index in [1.54, 1.807) is 12.4 Å². The fraction of sp³-hybridized carbons (Fsp3) is 0.636. The molecule has 4 nitrogen and oxygen atoms in total. The van der Waals surface area contributed by atoms with Crippen LogP contribution in [0.5, 0.6) is 0 Å². The number of nitrogens with two attached hydrogens (primary N) is 1. The summed E-state index contributed by atoms with van der Waals surface area (Å²) in [7, 11) is 0. The van der Waals surface area contributed by atoms with Crippen molar-refractivity contribution in [2.75, 3.05) is 11.1 Å². The van der Waals surface area contributed by atoms with Crippen LogP contribution in [0.25, 0.3) is 0 Å². The Morgan fingerprint density at radius 1 is 1.33 bits per heavy atom. The molecule has 82 valence electrons. The summed E-state index contributed by atoms with van der Waals surface area (Å²) in [6.07, 6.45) is 8.61. The number of hydrogen-bond acceptors (Lipinski definition) is 4. The van der Waals surface area contributed by atoms with Crippen LogP contribution in [0.4, 0.5) is 11.6 Å². The summed E-state index contributed by atoms with van der Waals surface area (Å²) in [6.45, 7) is 2.20. The van der Waals surface area contributed by atoms with Gasteiger partial charge in [0.25, 0.3) is 0 Å². The Morgan fingerprint density at radius 3 is 2.67 bits per heavy atom. The van der Waals surface area contributed by atoms with Crippen LogP contribution in [0, 0.1) is 5.92 Å². The van der Waals surface area contributed by atoms with Crippen LogP contribution in [0.2, 0.25) is 0 Å². The van der Waals surface area contributed by atoms with Crippen molar-refractivity contribution in [1.29, 1.82) is 0 Å². The number of hydrogen-bond donors (Lipinski definition) is 2. The van der Waals surface area contributed by atoms with Gasteiger partial charge in [-0.1, -0.05) is 12.8 Å². The zero-order valence-corrected chi connectivity index (χ0v) is 9.11. The topological polar surface area (TPSA) is 63.8 Å². The second kappa shape index (κ2) is 4.47. The summed E-state index contributed by atoms with van der Waals surface area (Å²) < 4.78 is 0. The number of nitrogen functional groups attached to an aromatic ring is 1. The molecule has 0 saturated heterocycles. The molecule has 0 aromatic carbocycles. The Labute approximate surface area is 90.3 Å². The number of anilines is 2. The fourth-order valence-electron chi connectivity index (χ4n) is 2.25. The van der Waals surface area contributed by atoms with Gasteiger partial charge in [-0.2, -0.15) is 0 Å². The highest BCUT2D eigenvalue weighted by molar-refractivity contribution is 5.55. The Hall–Kier alpha value is -1.32. The number of nitrogens with zero attached hydrogens (tertiary/aromatic N) is 2. The molecule has 0 bridgehead atoms. The minimum absolute atomic E-state index is 0.437. The molecule has 1 aromatic rings. The molecule has 1 saturated carbocycles. The first kappa shape index (κ1) is 10.2. The van der Waals surface area contributed by atoms with E-state index in [1.807, 2.05) is 0 Å². The van der Waals surface area contributed by atoms with Crippen LogP contribution >= 0.6 is 0 Å². The molecule has 15 heavy (non-hydrogen) atoms. The van der Waals surface area contributed by atoms with Gasteiger partial charge in [0.15, 0.2) is 11.6 Å². The molecule has 2 rings (SSSR count). The Bertz CT molecular complexity index is 320. The zero-order valence-electron chi connectivity index (χ0n) is 9.11. The number of nitrogens with one attached hydrogen (secondary N) is 1. The first-order chi connectivity index (χ1) is 7.27. The Morgan fingerprint density at radius 2 is 2.00 bits per heavy atom. The van der Waals surface area contributed by atoms with Gasteiger partial charge in [0.05, 0.1) is 0 Å². The van der Waals surface area contributed by atoms with Gasteiger partial charge in [0.1, 0.15) is 0 Å². The summed E-state index contributed by atoms with van der Waals surface area (Å²) in [4.78, 5) is 8.20. The molecule has 1 unspecified atom stereocenters. The van der Waals surface area contributed by atoms with E-state index >= 15 is 0 Å². The lowest BCUT2D eigenvalue weighted by atomic mass is 10.00. The normalized spacial score (nSPS) is 19.0. The van der Waals surface area contributed by atoms with Gasteiger partial charge in [0.2, 0.25) is 0 Å². The lowest BCUT2D eigenvalue weighted by molar-refractivity contribution is 0.481. The van der Waals surface area contributed by atoms with Gasteiger partial charge in [-0.25, -0.2) is 9.97 Å². The van der Waals surface area contributed by atoms with Crippen molar-refractivity contribution >= 4 is 11.6 Å². The molecular formula is C11H18N4. The van der Waals surface area contributed by atoms with E-state index < -0.39 is 0 Å². The molecule has 0 amide bonds. The van der Waals surface area contributed by atoms with Crippen molar-refractivity contribution in [3.63, 3.8) is 0 Å².